The number of nitrogens with zero attached hydrogens (tertiary/aromatic N) is 4. The van der Waals surface area contributed by atoms with Crippen LogP contribution < -0.4 is 0 Å². The van der Waals surface area contributed by atoms with Crippen molar-refractivity contribution < 1.29 is 0 Å². The Balaban J connectivity index is 1.93. The van der Waals surface area contributed by atoms with Crippen molar-refractivity contribution in [2.45, 2.75) is 52.5 Å². The molecular formula is C18H28N4. The molecule has 0 amide bonds. The van der Waals surface area contributed by atoms with Crippen molar-refractivity contribution in [2.24, 2.45) is 5.92 Å². The Morgan fingerprint density at radius 2 is 2.14 bits per heavy atom. The number of hydrogen-bond donors (Lipinski definition) is 0. The number of aromatic nitrogens is 3. The minimum absolute atomic E-state index is 0.0115. The number of likely N-dealkylation sites (tertiary alicyclic amines) is 1. The summed E-state index contributed by atoms with van der Waals surface area (Å²) < 4.78 is 2.34. The Kier molecular flexibility index (Phi) is 4.22. The van der Waals surface area contributed by atoms with Crippen LogP contribution in [0.15, 0.2) is 18.3 Å². The van der Waals surface area contributed by atoms with Gasteiger partial charge in [0.05, 0.1) is 0 Å². The highest BCUT2D eigenvalue weighted by atomic mass is 15.2. The third kappa shape index (κ3) is 3.02. The van der Waals surface area contributed by atoms with Gasteiger partial charge >= 0.3 is 0 Å². The van der Waals surface area contributed by atoms with Crippen LogP contribution in [0, 0.1) is 5.92 Å². The first-order valence-corrected chi connectivity index (χ1v) is 8.54. The normalized spacial score (nSPS) is 20.6. The summed E-state index contributed by atoms with van der Waals surface area (Å²) in [5.41, 5.74) is 2.06. The van der Waals surface area contributed by atoms with Crippen LogP contribution in [0.5, 0.6) is 0 Å². The standard InChI is InChI=1S/C18H28N4/c1-5-21-11-7-8-14(13-21)12-16-20-15-9-6-10-19-17(15)22(16)18(2,3)4/h6,9-10,14H,5,7-8,11-13H2,1-4H3. The second kappa shape index (κ2) is 5.99. The predicted molar refractivity (Wildman–Crippen MR) is 91.1 cm³/mol. The molecule has 3 heterocycles. The van der Waals surface area contributed by atoms with E-state index < -0.39 is 0 Å². The average molecular weight is 300 g/mol. The highest BCUT2D eigenvalue weighted by Crippen LogP contribution is 2.27. The van der Waals surface area contributed by atoms with Gasteiger partial charge in [-0.05, 0) is 64.8 Å². The molecule has 4 heteroatoms. The summed E-state index contributed by atoms with van der Waals surface area (Å²) >= 11 is 0. The smallest absolute Gasteiger partial charge is 0.160 e. The van der Waals surface area contributed by atoms with Crippen LogP contribution in [-0.2, 0) is 12.0 Å². The molecule has 1 atom stereocenters. The van der Waals surface area contributed by atoms with Crippen LogP contribution in [-0.4, -0.2) is 39.1 Å². The number of hydrogen-bond acceptors (Lipinski definition) is 3. The third-order valence-corrected chi connectivity index (χ3v) is 4.68. The van der Waals surface area contributed by atoms with Gasteiger partial charge in [0.25, 0.3) is 0 Å². The molecule has 0 spiro atoms. The van der Waals surface area contributed by atoms with E-state index in [9.17, 15) is 0 Å². The van der Waals surface area contributed by atoms with Crippen LogP contribution >= 0.6 is 0 Å². The number of pyridine rings is 1. The molecule has 2 aromatic rings. The van der Waals surface area contributed by atoms with Crippen molar-refractivity contribution in [3.8, 4) is 0 Å². The molecule has 1 aliphatic heterocycles. The fraction of sp³-hybridized carbons (Fsp3) is 0.667. The SMILES string of the molecule is CCN1CCCC(Cc2nc3cccnc3n2C(C)(C)C)C1. The number of fused-ring (bicyclic) bond motifs is 1. The molecule has 120 valence electrons. The quantitative estimate of drug-likeness (QED) is 0.870. The van der Waals surface area contributed by atoms with E-state index in [1.807, 2.05) is 12.3 Å². The Morgan fingerprint density at radius 1 is 1.32 bits per heavy atom. The zero-order valence-electron chi connectivity index (χ0n) is 14.3. The molecule has 0 saturated carbocycles. The second-order valence-corrected chi connectivity index (χ2v) is 7.49. The van der Waals surface area contributed by atoms with E-state index in [0.29, 0.717) is 5.92 Å². The van der Waals surface area contributed by atoms with E-state index in [1.54, 1.807) is 0 Å². The van der Waals surface area contributed by atoms with Gasteiger partial charge in [-0.1, -0.05) is 6.92 Å². The van der Waals surface area contributed by atoms with Crippen molar-refractivity contribution in [3.05, 3.63) is 24.2 Å². The van der Waals surface area contributed by atoms with E-state index in [4.69, 9.17) is 4.98 Å². The highest BCUT2D eigenvalue weighted by molar-refractivity contribution is 5.71. The van der Waals surface area contributed by atoms with E-state index in [1.165, 1.54) is 31.8 Å². The first kappa shape index (κ1) is 15.5. The van der Waals surface area contributed by atoms with Gasteiger partial charge in [0.1, 0.15) is 11.3 Å². The minimum Gasteiger partial charge on any atom is -0.307 e. The highest BCUT2D eigenvalue weighted by Gasteiger charge is 2.26. The molecule has 0 bridgehead atoms. The zero-order valence-corrected chi connectivity index (χ0v) is 14.3. The van der Waals surface area contributed by atoms with Crippen LogP contribution in [0.2, 0.25) is 0 Å². The number of piperidine rings is 1. The first-order chi connectivity index (χ1) is 10.5. The summed E-state index contributed by atoms with van der Waals surface area (Å²) in [6.07, 6.45) is 5.56. The minimum atomic E-state index is 0.0115. The molecule has 1 fully saturated rings. The Bertz CT molecular complexity index is 638. The van der Waals surface area contributed by atoms with Crippen molar-refractivity contribution >= 4 is 11.2 Å². The van der Waals surface area contributed by atoms with Gasteiger partial charge < -0.3 is 9.47 Å². The monoisotopic (exact) mass is 300 g/mol. The van der Waals surface area contributed by atoms with Gasteiger partial charge in [0, 0.05) is 24.7 Å². The molecule has 0 N–H and O–H groups in total. The van der Waals surface area contributed by atoms with Crippen LogP contribution in [0.4, 0.5) is 0 Å². The van der Waals surface area contributed by atoms with Crippen molar-refractivity contribution in [1.29, 1.82) is 0 Å². The molecule has 0 radical (unpaired) electrons. The summed E-state index contributed by atoms with van der Waals surface area (Å²) in [5.74, 6) is 1.91. The van der Waals surface area contributed by atoms with Gasteiger partial charge in [-0.15, -0.1) is 0 Å². The maximum atomic E-state index is 4.91. The van der Waals surface area contributed by atoms with Crippen LogP contribution in [0.25, 0.3) is 11.2 Å². The number of rotatable bonds is 3. The lowest BCUT2D eigenvalue weighted by Gasteiger charge is -2.32. The van der Waals surface area contributed by atoms with Crippen LogP contribution in [0.1, 0.15) is 46.4 Å². The molecular weight excluding hydrogens is 272 g/mol. The zero-order chi connectivity index (χ0) is 15.7. The summed E-state index contributed by atoms with van der Waals surface area (Å²) in [6.45, 7) is 12.6. The van der Waals surface area contributed by atoms with Crippen LogP contribution in [0.3, 0.4) is 0 Å². The Hall–Kier alpha value is -1.42. The lowest BCUT2D eigenvalue weighted by atomic mass is 9.94. The largest absolute Gasteiger partial charge is 0.307 e. The fourth-order valence-electron chi connectivity index (χ4n) is 3.66. The van der Waals surface area contributed by atoms with E-state index in [-0.39, 0.29) is 5.54 Å². The van der Waals surface area contributed by atoms with Gasteiger partial charge in [-0.25, -0.2) is 9.97 Å². The van der Waals surface area contributed by atoms with Crippen molar-refractivity contribution in [2.75, 3.05) is 19.6 Å². The lowest BCUT2D eigenvalue weighted by molar-refractivity contribution is 0.179. The van der Waals surface area contributed by atoms with Crippen molar-refractivity contribution in [3.63, 3.8) is 0 Å². The molecule has 2 aromatic heterocycles. The van der Waals surface area contributed by atoms with Gasteiger partial charge in [-0.2, -0.15) is 0 Å². The molecule has 4 nitrogen and oxygen atoms in total. The van der Waals surface area contributed by atoms with E-state index in [0.717, 1.165) is 24.1 Å². The first-order valence-electron chi connectivity index (χ1n) is 8.54. The summed E-state index contributed by atoms with van der Waals surface area (Å²) in [6, 6.07) is 4.05. The van der Waals surface area contributed by atoms with Gasteiger partial charge in [0.2, 0.25) is 0 Å². The third-order valence-electron chi connectivity index (χ3n) is 4.68. The topological polar surface area (TPSA) is 34.0 Å². The number of imidazole rings is 1. The van der Waals surface area contributed by atoms with Gasteiger partial charge in [0.15, 0.2) is 5.65 Å². The Morgan fingerprint density at radius 3 is 2.86 bits per heavy atom. The second-order valence-electron chi connectivity index (χ2n) is 7.49. The average Bonchev–Trinajstić information content (AvgIpc) is 2.85. The predicted octanol–water partition coefficient (Wildman–Crippen LogP) is 3.46. The molecule has 22 heavy (non-hydrogen) atoms. The molecule has 1 saturated heterocycles. The molecule has 1 unspecified atom stereocenters. The molecule has 1 aliphatic rings. The van der Waals surface area contributed by atoms with Gasteiger partial charge in [-0.3, -0.25) is 0 Å². The molecule has 3 rings (SSSR count). The van der Waals surface area contributed by atoms with Crippen molar-refractivity contribution in [1.82, 2.24) is 19.4 Å². The fourth-order valence-corrected chi connectivity index (χ4v) is 3.66. The maximum absolute atomic E-state index is 4.91. The Labute approximate surface area is 133 Å². The summed E-state index contributed by atoms with van der Waals surface area (Å²) in [7, 11) is 0. The summed E-state index contributed by atoms with van der Waals surface area (Å²) in [5, 5.41) is 0. The molecule has 0 aliphatic carbocycles. The molecule has 0 aromatic carbocycles. The maximum Gasteiger partial charge on any atom is 0.160 e. The lowest BCUT2D eigenvalue weighted by Crippen LogP contribution is -2.36. The van der Waals surface area contributed by atoms with E-state index >= 15 is 0 Å². The summed E-state index contributed by atoms with van der Waals surface area (Å²) in [4.78, 5) is 12.1. The van der Waals surface area contributed by atoms with E-state index in [2.05, 4.69) is 48.2 Å².